The van der Waals surface area contributed by atoms with E-state index < -0.39 is 15.7 Å². The highest BCUT2D eigenvalue weighted by molar-refractivity contribution is 7.91. The van der Waals surface area contributed by atoms with E-state index in [0.29, 0.717) is 12.8 Å². The second kappa shape index (κ2) is 5.23. The SMILES string of the molecule is O=S(=O)(CCCCO)c1ccc(F)cc1. The molecule has 5 heteroatoms. The van der Waals surface area contributed by atoms with Gasteiger partial charge < -0.3 is 5.11 Å². The van der Waals surface area contributed by atoms with E-state index in [1.165, 1.54) is 12.1 Å². The molecule has 0 saturated heterocycles. The molecule has 84 valence electrons. The second-order valence-electron chi connectivity index (χ2n) is 3.20. The Balaban J connectivity index is 2.73. The van der Waals surface area contributed by atoms with Crippen molar-refractivity contribution >= 4 is 9.84 Å². The van der Waals surface area contributed by atoms with Crippen LogP contribution in [0.25, 0.3) is 0 Å². The van der Waals surface area contributed by atoms with Crippen LogP contribution < -0.4 is 0 Å². The number of hydrogen-bond acceptors (Lipinski definition) is 3. The third kappa shape index (κ3) is 3.60. The number of benzene rings is 1. The normalized spacial score (nSPS) is 11.6. The van der Waals surface area contributed by atoms with Gasteiger partial charge in [0.2, 0.25) is 0 Å². The van der Waals surface area contributed by atoms with E-state index in [0.717, 1.165) is 12.1 Å². The second-order valence-corrected chi connectivity index (χ2v) is 5.31. The van der Waals surface area contributed by atoms with Gasteiger partial charge in [-0.05, 0) is 37.1 Å². The maximum absolute atomic E-state index is 12.6. The van der Waals surface area contributed by atoms with Crippen molar-refractivity contribution in [2.24, 2.45) is 0 Å². The highest BCUT2D eigenvalue weighted by Crippen LogP contribution is 2.13. The molecular weight excluding hydrogens is 219 g/mol. The Morgan fingerprint density at radius 2 is 1.73 bits per heavy atom. The van der Waals surface area contributed by atoms with E-state index in [2.05, 4.69) is 0 Å². The highest BCUT2D eigenvalue weighted by atomic mass is 32.2. The molecule has 0 heterocycles. The molecule has 0 aliphatic carbocycles. The lowest BCUT2D eigenvalue weighted by atomic mass is 10.3. The summed E-state index contributed by atoms with van der Waals surface area (Å²) in [5, 5.41) is 8.53. The molecule has 0 radical (unpaired) electrons. The molecule has 0 bridgehead atoms. The number of sulfone groups is 1. The number of hydrogen-bond donors (Lipinski definition) is 1. The summed E-state index contributed by atoms with van der Waals surface area (Å²) in [6.45, 7) is -0.0149. The molecule has 0 spiro atoms. The molecular formula is C10H13FO3S. The van der Waals surface area contributed by atoms with Crippen molar-refractivity contribution in [1.82, 2.24) is 0 Å². The zero-order chi connectivity index (χ0) is 11.3. The minimum absolute atomic E-state index is 0.0147. The number of aliphatic hydroxyl groups is 1. The molecule has 0 fully saturated rings. The average molecular weight is 232 g/mol. The summed E-state index contributed by atoms with van der Waals surface area (Å²) in [5.41, 5.74) is 0. The molecule has 0 amide bonds. The van der Waals surface area contributed by atoms with E-state index in [1.807, 2.05) is 0 Å². The molecule has 0 atom stereocenters. The Labute approximate surface area is 88.5 Å². The van der Waals surface area contributed by atoms with Gasteiger partial charge >= 0.3 is 0 Å². The van der Waals surface area contributed by atoms with Crippen molar-refractivity contribution in [3.05, 3.63) is 30.1 Å². The van der Waals surface area contributed by atoms with Crippen LogP contribution in [0.3, 0.4) is 0 Å². The van der Waals surface area contributed by atoms with Gasteiger partial charge in [-0.25, -0.2) is 12.8 Å². The highest BCUT2D eigenvalue weighted by Gasteiger charge is 2.13. The first-order valence-corrected chi connectivity index (χ1v) is 6.30. The average Bonchev–Trinajstić information content (AvgIpc) is 2.18. The molecule has 1 aromatic carbocycles. The maximum atomic E-state index is 12.6. The van der Waals surface area contributed by atoms with Gasteiger partial charge in [-0.15, -0.1) is 0 Å². The van der Waals surface area contributed by atoms with Gasteiger partial charge in [-0.1, -0.05) is 0 Å². The summed E-state index contributed by atoms with van der Waals surface area (Å²) in [7, 11) is -3.33. The summed E-state index contributed by atoms with van der Waals surface area (Å²) in [5.74, 6) is -0.469. The van der Waals surface area contributed by atoms with Crippen LogP contribution in [0.2, 0.25) is 0 Å². The van der Waals surface area contributed by atoms with Gasteiger partial charge in [-0.2, -0.15) is 0 Å². The van der Waals surface area contributed by atoms with Gasteiger partial charge in [0.15, 0.2) is 9.84 Å². The lowest BCUT2D eigenvalue weighted by Crippen LogP contribution is -2.07. The first-order chi connectivity index (χ1) is 7.06. The fourth-order valence-electron chi connectivity index (χ4n) is 1.16. The van der Waals surface area contributed by atoms with Crippen LogP contribution in [0.15, 0.2) is 29.2 Å². The largest absolute Gasteiger partial charge is 0.396 e. The zero-order valence-electron chi connectivity index (χ0n) is 8.19. The van der Waals surface area contributed by atoms with E-state index in [1.54, 1.807) is 0 Å². The zero-order valence-corrected chi connectivity index (χ0v) is 9.00. The van der Waals surface area contributed by atoms with Crippen LogP contribution in [0.5, 0.6) is 0 Å². The van der Waals surface area contributed by atoms with Gasteiger partial charge in [0.05, 0.1) is 10.6 Å². The standard InChI is InChI=1S/C10H13FO3S/c11-9-3-5-10(6-4-9)15(13,14)8-2-1-7-12/h3-6,12H,1-2,7-8H2. The van der Waals surface area contributed by atoms with Crippen molar-refractivity contribution in [1.29, 1.82) is 0 Å². The third-order valence-corrected chi connectivity index (χ3v) is 3.81. The topological polar surface area (TPSA) is 54.4 Å². The van der Waals surface area contributed by atoms with Gasteiger partial charge in [-0.3, -0.25) is 0 Å². The predicted molar refractivity (Wildman–Crippen MR) is 54.8 cm³/mol. The van der Waals surface area contributed by atoms with Crippen LogP contribution >= 0.6 is 0 Å². The smallest absolute Gasteiger partial charge is 0.178 e. The molecule has 1 aromatic rings. The van der Waals surface area contributed by atoms with Gasteiger partial charge in [0.25, 0.3) is 0 Å². The molecule has 0 aromatic heterocycles. The summed E-state index contributed by atoms with van der Waals surface area (Å²) >= 11 is 0. The van der Waals surface area contributed by atoms with Crippen molar-refractivity contribution < 1.29 is 17.9 Å². The van der Waals surface area contributed by atoms with E-state index in [9.17, 15) is 12.8 Å². The molecule has 3 nitrogen and oxygen atoms in total. The Morgan fingerprint density at radius 3 is 2.27 bits per heavy atom. The van der Waals surface area contributed by atoms with Crippen LogP contribution in [-0.4, -0.2) is 25.9 Å². The molecule has 1 N–H and O–H groups in total. The molecule has 0 aliphatic rings. The summed E-state index contributed by atoms with van der Waals surface area (Å²) in [6.07, 6.45) is 0.872. The monoisotopic (exact) mass is 232 g/mol. The molecule has 15 heavy (non-hydrogen) atoms. The lowest BCUT2D eigenvalue weighted by Gasteiger charge is -2.03. The third-order valence-electron chi connectivity index (χ3n) is 1.99. The van der Waals surface area contributed by atoms with Crippen LogP contribution in [0.4, 0.5) is 4.39 Å². The quantitative estimate of drug-likeness (QED) is 0.616. The Bertz CT molecular complexity index is 397. The Kier molecular flexibility index (Phi) is 4.23. The van der Waals surface area contributed by atoms with E-state index >= 15 is 0 Å². The maximum Gasteiger partial charge on any atom is 0.178 e. The lowest BCUT2D eigenvalue weighted by molar-refractivity contribution is 0.287. The summed E-state index contributed by atoms with van der Waals surface area (Å²) < 4.78 is 35.8. The van der Waals surface area contributed by atoms with Crippen molar-refractivity contribution in [3.8, 4) is 0 Å². The molecule has 1 rings (SSSR count). The summed E-state index contributed by atoms with van der Waals surface area (Å²) in [4.78, 5) is 0.127. The van der Waals surface area contributed by atoms with Crippen molar-refractivity contribution in [2.75, 3.05) is 12.4 Å². The first-order valence-electron chi connectivity index (χ1n) is 4.65. The van der Waals surface area contributed by atoms with Gasteiger partial charge in [0, 0.05) is 6.61 Å². The number of halogens is 1. The van der Waals surface area contributed by atoms with Crippen molar-refractivity contribution in [2.45, 2.75) is 17.7 Å². The molecule has 0 aliphatic heterocycles. The Morgan fingerprint density at radius 1 is 1.13 bits per heavy atom. The Hall–Kier alpha value is -0.940. The minimum Gasteiger partial charge on any atom is -0.396 e. The van der Waals surface area contributed by atoms with Gasteiger partial charge in [0.1, 0.15) is 5.82 Å². The van der Waals surface area contributed by atoms with Crippen LogP contribution in [-0.2, 0) is 9.84 Å². The number of aliphatic hydroxyl groups excluding tert-OH is 1. The fourth-order valence-corrected chi connectivity index (χ4v) is 2.53. The summed E-state index contributed by atoms with van der Waals surface area (Å²) in [6, 6.07) is 4.76. The fraction of sp³-hybridized carbons (Fsp3) is 0.400. The number of rotatable bonds is 5. The first kappa shape index (κ1) is 12.1. The van der Waals surface area contributed by atoms with E-state index in [4.69, 9.17) is 5.11 Å². The van der Waals surface area contributed by atoms with Crippen LogP contribution in [0.1, 0.15) is 12.8 Å². The van der Waals surface area contributed by atoms with E-state index in [-0.39, 0.29) is 17.3 Å². The molecule has 0 unspecified atom stereocenters. The predicted octanol–water partition coefficient (Wildman–Crippen LogP) is 1.37. The molecule has 0 saturated carbocycles. The van der Waals surface area contributed by atoms with Crippen molar-refractivity contribution in [3.63, 3.8) is 0 Å². The minimum atomic E-state index is -3.33. The van der Waals surface area contributed by atoms with Crippen LogP contribution in [0, 0.1) is 5.82 Å². The number of unbranched alkanes of at least 4 members (excludes halogenated alkanes) is 1.